The maximum atomic E-state index is 12.5. The van der Waals surface area contributed by atoms with Crippen molar-refractivity contribution < 1.29 is 14.3 Å². The molecule has 4 heterocycles. The second kappa shape index (κ2) is 6.75. The van der Waals surface area contributed by atoms with Gasteiger partial charge in [-0.25, -0.2) is 4.79 Å². The molecular weight excluding hydrogens is 316 g/mol. The van der Waals surface area contributed by atoms with Gasteiger partial charge in [0.25, 0.3) is 0 Å². The summed E-state index contributed by atoms with van der Waals surface area (Å²) >= 11 is 0. The molecule has 4 aliphatic heterocycles. The quantitative estimate of drug-likeness (QED) is 0.570. The fourth-order valence-electron chi connectivity index (χ4n) is 5.57. The molecule has 2 bridgehead atoms. The number of esters is 1. The monoisotopic (exact) mass is 346 g/mol. The Kier molecular flexibility index (Phi) is 4.61. The summed E-state index contributed by atoms with van der Waals surface area (Å²) in [6.07, 6.45) is 9.06. The van der Waals surface area contributed by atoms with E-state index in [0.29, 0.717) is 29.9 Å². The molecule has 4 saturated heterocycles. The molecule has 0 aliphatic carbocycles. The van der Waals surface area contributed by atoms with E-state index in [2.05, 4.69) is 9.80 Å². The van der Waals surface area contributed by atoms with E-state index in [-0.39, 0.29) is 24.2 Å². The van der Waals surface area contributed by atoms with Crippen molar-refractivity contribution in [1.82, 2.24) is 9.80 Å². The highest BCUT2D eigenvalue weighted by atomic mass is 16.6. The highest BCUT2D eigenvalue weighted by Gasteiger charge is 2.54. The van der Waals surface area contributed by atoms with Crippen molar-refractivity contribution in [2.75, 3.05) is 13.1 Å². The van der Waals surface area contributed by atoms with Crippen molar-refractivity contribution in [2.45, 2.75) is 77.1 Å². The Morgan fingerprint density at radius 1 is 1.20 bits per heavy atom. The number of nitrogens with zero attached hydrogens (tertiary/aromatic N) is 2. The average Bonchev–Trinajstić information content (AvgIpc) is 2.64. The molecule has 4 aliphatic rings. The lowest BCUT2D eigenvalue weighted by Crippen LogP contribution is -2.68. The molecule has 0 N–H and O–H groups in total. The number of carbonyl (C=O) groups excluding carboxylic acids is 2. The number of hydrogen-bond acceptors (Lipinski definition) is 4. The number of allylic oxidation sites excluding steroid dienone is 1. The normalized spacial score (nSPS) is 38.8. The van der Waals surface area contributed by atoms with Crippen LogP contribution in [0.1, 0.15) is 58.8 Å². The SMILES string of the molecule is C/C=C(/C)C(=O)OC1C2CC(CN3C(=O)CCC[C@H]23)[C@@H]2CCCCN12. The Labute approximate surface area is 150 Å². The van der Waals surface area contributed by atoms with Gasteiger partial charge in [0.05, 0.1) is 0 Å². The Balaban J connectivity index is 1.64. The number of fused-ring (bicyclic) bond motifs is 6. The highest BCUT2D eigenvalue weighted by Crippen LogP contribution is 2.46. The molecule has 4 fully saturated rings. The standard InChI is InChI=1S/C20H30N2O3/c1-3-13(2)20(24)25-19-15-11-14(16-7-4-5-10-21(16)19)12-22-17(15)8-6-9-18(22)23/h3,14-17,19H,4-12H2,1-2H3/b13-3-/t14?,15?,16-,17+,19?/m0/s1. The maximum absolute atomic E-state index is 12.5. The molecule has 138 valence electrons. The Bertz CT molecular complexity index is 587. The summed E-state index contributed by atoms with van der Waals surface area (Å²) in [5, 5.41) is 0. The van der Waals surface area contributed by atoms with Gasteiger partial charge in [0.1, 0.15) is 0 Å². The second-order valence-corrected chi connectivity index (χ2v) is 8.23. The van der Waals surface area contributed by atoms with Gasteiger partial charge in [-0.1, -0.05) is 12.5 Å². The minimum absolute atomic E-state index is 0.164. The second-order valence-electron chi connectivity index (χ2n) is 8.23. The van der Waals surface area contributed by atoms with Crippen LogP contribution < -0.4 is 0 Å². The average molecular weight is 346 g/mol. The number of amides is 1. The van der Waals surface area contributed by atoms with E-state index in [1.165, 1.54) is 19.3 Å². The molecule has 3 unspecified atom stereocenters. The molecular formula is C20H30N2O3. The van der Waals surface area contributed by atoms with Gasteiger partial charge in [-0.15, -0.1) is 0 Å². The fraction of sp³-hybridized carbons (Fsp3) is 0.800. The van der Waals surface area contributed by atoms with Gasteiger partial charge in [0.2, 0.25) is 5.91 Å². The minimum Gasteiger partial charge on any atom is -0.443 e. The minimum atomic E-state index is -0.200. The molecule has 25 heavy (non-hydrogen) atoms. The zero-order valence-electron chi connectivity index (χ0n) is 15.4. The van der Waals surface area contributed by atoms with E-state index >= 15 is 0 Å². The highest BCUT2D eigenvalue weighted by molar-refractivity contribution is 5.87. The summed E-state index contributed by atoms with van der Waals surface area (Å²) in [5.74, 6) is 0.923. The van der Waals surface area contributed by atoms with Crippen molar-refractivity contribution in [3.8, 4) is 0 Å². The van der Waals surface area contributed by atoms with E-state index < -0.39 is 0 Å². The smallest absolute Gasteiger partial charge is 0.334 e. The molecule has 0 saturated carbocycles. The van der Waals surface area contributed by atoms with Gasteiger partial charge in [0.15, 0.2) is 6.23 Å². The maximum Gasteiger partial charge on any atom is 0.334 e. The predicted octanol–water partition coefficient (Wildman–Crippen LogP) is 2.71. The molecule has 0 radical (unpaired) electrons. The van der Waals surface area contributed by atoms with Crippen LogP contribution in [-0.4, -0.2) is 53.1 Å². The number of ether oxygens (including phenoxy) is 1. The lowest BCUT2D eigenvalue weighted by Gasteiger charge is -2.59. The largest absolute Gasteiger partial charge is 0.443 e. The first-order valence-corrected chi connectivity index (χ1v) is 9.99. The third-order valence-corrected chi connectivity index (χ3v) is 6.92. The van der Waals surface area contributed by atoms with Crippen LogP contribution >= 0.6 is 0 Å². The van der Waals surface area contributed by atoms with Crippen molar-refractivity contribution in [3.63, 3.8) is 0 Å². The summed E-state index contributed by atoms with van der Waals surface area (Å²) < 4.78 is 6.06. The van der Waals surface area contributed by atoms with E-state index in [1.54, 1.807) is 0 Å². The van der Waals surface area contributed by atoms with Crippen molar-refractivity contribution in [2.24, 2.45) is 11.8 Å². The zero-order valence-corrected chi connectivity index (χ0v) is 15.4. The van der Waals surface area contributed by atoms with Crippen LogP contribution in [0.3, 0.4) is 0 Å². The van der Waals surface area contributed by atoms with E-state index in [9.17, 15) is 9.59 Å². The van der Waals surface area contributed by atoms with Crippen molar-refractivity contribution in [3.05, 3.63) is 11.6 Å². The molecule has 5 nitrogen and oxygen atoms in total. The van der Waals surface area contributed by atoms with Gasteiger partial charge in [-0.2, -0.15) is 0 Å². The van der Waals surface area contributed by atoms with Crippen molar-refractivity contribution >= 4 is 11.9 Å². The third-order valence-electron chi connectivity index (χ3n) is 6.92. The fourth-order valence-corrected chi connectivity index (χ4v) is 5.57. The lowest BCUT2D eigenvalue weighted by atomic mass is 9.70. The number of rotatable bonds is 2. The topological polar surface area (TPSA) is 49.9 Å². The Morgan fingerprint density at radius 3 is 2.80 bits per heavy atom. The predicted molar refractivity (Wildman–Crippen MR) is 94.6 cm³/mol. The Hall–Kier alpha value is -1.36. The molecule has 0 aromatic carbocycles. The lowest BCUT2D eigenvalue weighted by molar-refractivity contribution is -0.204. The van der Waals surface area contributed by atoms with Crippen LogP contribution in [0, 0.1) is 11.8 Å². The van der Waals surface area contributed by atoms with Crippen LogP contribution in [0.4, 0.5) is 0 Å². The first-order chi connectivity index (χ1) is 12.1. The van der Waals surface area contributed by atoms with Crippen LogP contribution in [0.25, 0.3) is 0 Å². The molecule has 0 spiro atoms. The van der Waals surface area contributed by atoms with Crippen LogP contribution in [0.5, 0.6) is 0 Å². The molecule has 5 heteroatoms. The van der Waals surface area contributed by atoms with Crippen molar-refractivity contribution in [1.29, 1.82) is 0 Å². The molecule has 4 rings (SSSR count). The summed E-state index contributed by atoms with van der Waals surface area (Å²) in [5.41, 5.74) is 0.670. The number of carbonyl (C=O) groups is 2. The van der Waals surface area contributed by atoms with Gasteiger partial charge in [-0.05, 0) is 51.9 Å². The molecule has 0 aromatic rings. The summed E-state index contributed by atoms with van der Waals surface area (Å²) in [4.78, 5) is 29.6. The summed E-state index contributed by atoms with van der Waals surface area (Å²) in [7, 11) is 0. The van der Waals surface area contributed by atoms with E-state index in [1.807, 2.05) is 19.9 Å². The van der Waals surface area contributed by atoms with Crippen LogP contribution in [-0.2, 0) is 14.3 Å². The number of hydrogen-bond donors (Lipinski definition) is 0. The first-order valence-electron chi connectivity index (χ1n) is 9.99. The first kappa shape index (κ1) is 17.1. The van der Waals surface area contributed by atoms with Gasteiger partial charge < -0.3 is 9.64 Å². The van der Waals surface area contributed by atoms with E-state index in [0.717, 1.165) is 32.4 Å². The van der Waals surface area contributed by atoms with E-state index in [4.69, 9.17) is 4.74 Å². The van der Waals surface area contributed by atoms with Gasteiger partial charge in [-0.3, -0.25) is 9.69 Å². The molecule has 0 aromatic heterocycles. The zero-order chi connectivity index (χ0) is 17.6. The van der Waals surface area contributed by atoms with Gasteiger partial charge >= 0.3 is 5.97 Å². The summed E-state index contributed by atoms with van der Waals surface area (Å²) in [6.45, 7) is 5.62. The van der Waals surface area contributed by atoms with Gasteiger partial charge in [0, 0.05) is 43.1 Å². The molecule has 1 amide bonds. The molecule has 5 atom stereocenters. The Morgan fingerprint density at radius 2 is 2.00 bits per heavy atom. The summed E-state index contributed by atoms with van der Waals surface area (Å²) in [6, 6.07) is 0.716. The van der Waals surface area contributed by atoms with Crippen LogP contribution in [0.15, 0.2) is 11.6 Å². The third kappa shape index (κ3) is 2.90. The number of piperidine rings is 4. The van der Waals surface area contributed by atoms with Crippen LogP contribution in [0.2, 0.25) is 0 Å².